The van der Waals surface area contributed by atoms with Crippen LogP contribution in [0.3, 0.4) is 0 Å². The van der Waals surface area contributed by atoms with E-state index < -0.39 is 40.2 Å². The lowest BCUT2D eigenvalue weighted by Gasteiger charge is -2.44. The smallest absolute Gasteiger partial charge is 0.341 e. The molecule has 0 radical (unpaired) electrons. The number of allylic oxidation sites excluding steroid dienone is 1. The third-order valence-electron chi connectivity index (χ3n) is 5.73. The summed E-state index contributed by atoms with van der Waals surface area (Å²) in [5.41, 5.74) is -2.31. The maximum Gasteiger partial charge on any atom is 0.341 e. The highest BCUT2D eigenvalue weighted by Gasteiger charge is 2.81. The number of cyclic esters (lactones) is 1. The maximum atomic E-state index is 12.7. The summed E-state index contributed by atoms with van der Waals surface area (Å²) >= 11 is 0. The first-order valence-electron chi connectivity index (χ1n) is 7.07. The Morgan fingerprint density at radius 2 is 2.05 bits per heavy atom. The van der Waals surface area contributed by atoms with Crippen molar-refractivity contribution in [3.8, 4) is 0 Å². The number of carbonyl (C=O) groups is 3. The zero-order valence-corrected chi connectivity index (χ0v) is 11.8. The Bertz CT molecular complexity index is 626. The summed E-state index contributed by atoms with van der Waals surface area (Å²) in [6.45, 7) is 3.93. The Labute approximate surface area is 121 Å². The minimum absolute atomic E-state index is 0.00618. The fraction of sp³-hybridized carbons (Fsp3) is 0.667. The van der Waals surface area contributed by atoms with E-state index in [-0.39, 0.29) is 24.6 Å². The first-order chi connectivity index (χ1) is 9.76. The molecule has 0 amide bonds. The van der Waals surface area contributed by atoms with Crippen LogP contribution in [0.2, 0.25) is 0 Å². The molecule has 2 heterocycles. The topological polar surface area (TPSA) is 93.2 Å². The van der Waals surface area contributed by atoms with Gasteiger partial charge in [-0.3, -0.25) is 4.79 Å². The van der Waals surface area contributed by atoms with Crippen molar-refractivity contribution in [1.29, 1.82) is 0 Å². The van der Waals surface area contributed by atoms with E-state index >= 15 is 0 Å². The fourth-order valence-corrected chi connectivity index (χ4v) is 4.78. The molecule has 2 aliphatic heterocycles. The SMILES string of the molecule is CC1(C)CC23C(C=C(C(=O)O)C2COC(=O)[C@]32CO2)C1=O. The molecule has 6 nitrogen and oxygen atoms in total. The normalized spacial score (nSPS) is 45.9. The zero-order valence-electron chi connectivity index (χ0n) is 11.8. The van der Waals surface area contributed by atoms with Gasteiger partial charge in [0.05, 0.1) is 13.2 Å². The van der Waals surface area contributed by atoms with Crippen LogP contribution in [0.25, 0.3) is 0 Å². The van der Waals surface area contributed by atoms with Crippen LogP contribution in [0, 0.1) is 22.7 Å². The molecule has 0 bridgehead atoms. The van der Waals surface area contributed by atoms with E-state index in [0.29, 0.717) is 6.42 Å². The molecule has 112 valence electrons. The molecule has 4 aliphatic rings. The van der Waals surface area contributed by atoms with Gasteiger partial charge >= 0.3 is 11.9 Å². The summed E-state index contributed by atoms with van der Waals surface area (Å²) < 4.78 is 10.7. The van der Waals surface area contributed by atoms with Crippen molar-refractivity contribution in [2.24, 2.45) is 22.7 Å². The number of rotatable bonds is 1. The lowest BCUT2D eigenvalue weighted by molar-refractivity contribution is -0.174. The van der Waals surface area contributed by atoms with Gasteiger partial charge in [0.15, 0.2) is 5.60 Å². The Morgan fingerprint density at radius 1 is 1.38 bits per heavy atom. The quantitative estimate of drug-likeness (QED) is 0.560. The van der Waals surface area contributed by atoms with E-state index in [1.54, 1.807) is 0 Å². The number of carboxylic acid groups (broad SMARTS) is 1. The van der Waals surface area contributed by atoms with Crippen LogP contribution in [0.15, 0.2) is 11.6 Å². The third-order valence-corrected chi connectivity index (χ3v) is 5.73. The van der Waals surface area contributed by atoms with Gasteiger partial charge in [-0.2, -0.15) is 0 Å². The second kappa shape index (κ2) is 3.38. The number of esters is 1. The van der Waals surface area contributed by atoms with E-state index in [0.717, 1.165) is 0 Å². The summed E-state index contributed by atoms with van der Waals surface area (Å²) in [4.78, 5) is 36.4. The second-order valence-electron chi connectivity index (χ2n) is 7.14. The molecule has 4 atom stereocenters. The molecule has 1 saturated carbocycles. The summed E-state index contributed by atoms with van der Waals surface area (Å²) in [5, 5.41) is 9.42. The number of carboxylic acids is 1. The lowest BCUT2D eigenvalue weighted by atomic mass is 9.61. The average Bonchev–Trinajstić information content (AvgIpc) is 3.08. The van der Waals surface area contributed by atoms with Gasteiger partial charge in [-0.25, -0.2) is 9.59 Å². The zero-order chi connectivity index (χ0) is 15.2. The van der Waals surface area contributed by atoms with Crippen LogP contribution in [-0.2, 0) is 23.9 Å². The Kier molecular flexibility index (Phi) is 2.09. The largest absolute Gasteiger partial charge is 0.478 e. The van der Waals surface area contributed by atoms with Gasteiger partial charge in [-0.15, -0.1) is 0 Å². The summed E-state index contributed by atoms with van der Waals surface area (Å²) in [7, 11) is 0. The molecule has 3 unspecified atom stereocenters. The van der Waals surface area contributed by atoms with Gasteiger partial charge in [0.25, 0.3) is 0 Å². The van der Waals surface area contributed by atoms with Crippen molar-refractivity contribution in [3.63, 3.8) is 0 Å². The van der Waals surface area contributed by atoms with Crippen molar-refractivity contribution in [3.05, 3.63) is 11.6 Å². The molecule has 4 rings (SSSR count). The molecule has 3 fully saturated rings. The highest BCUT2D eigenvalue weighted by atomic mass is 16.6. The molecule has 2 spiro atoms. The Balaban J connectivity index is 1.93. The van der Waals surface area contributed by atoms with Gasteiger partial charge in [-0.1, -0.05) is 19.9 Å². The minimum atomic E-state index is -1.13. The first kappa shape index (κ1) is 13.0. The highest BCUT2D eigenvalue weighted by Crippen LogP contribution is 2.70. The van der Waals surface area contributed by atoms with E-state index in [1.165, 1.54) is 6.08 Å². The number of epoxide rings is 1. The molecule has 2 saturated heterocycles. The maximum absolute atomic E-state index is 12.7. The van der Waals surface area contributed by atoms with Crippen LogP contribution in [0.4, 0.5) is 0 Å². The van der Waals surface area contributed by atoms with Crippen molar-refractivity contribution < 1.29 is 29.0 Å². The van der Waals surface area contributed by atoms with Gasteiger partial charge in [-0.05, 0) is 6.42 Å². The molecule has 0 aromatic heterocycles. The number of ether oxygens (including phenoxy) is 2. The van der Waals surface area contributed by atoms with Gasteiger partial charge in [0, 0.05) is 28.2 Å². The molecule has 0 aromatic rings. The summed E-state index contributed by atoms with van der Waals surface area (Å²) in [6.07, 6.45) is 1.99. The van der Waals surface area contributed by atoms with Crippen LogP contribution in [0.5, 0.6) is 0 Å². The fourth-order valence-electron chi connectivity index (χ4n) is 4.78. The molecule has 21 heavy (non-hydrogen) atoms. The molecule has 1 N–H and O–H groups in total. The van der Waals surface area contributed by atoms with E-state index in [2.05, 4.69) is 0 Å². The molecule has 6 heteroatoms. The molecular weight excluding hydrogens is 276 g/mol. The average molecular weight is 292 g/mol. The van der Waals surface area contributed by atoms with Gasteiger partial charge in [0.1, 0.15) is 5.78 Å². The summed E-state index contributed by atoms with van der Waals surface area (Å²) in [6, 6.07) is 0. The van der Waals surface area contributed by atoms with E-state index in [9.17, 15) is 19.5 Å². The Hall–Kier alpha value is -1.69. The van der Waals surface area contributed by atoms with Crippen molar-refractivity contribution in [2.75, 3.05) is 13.2 Å². The van der Waals surface area contributed by atoms with Crippen molar-refractivity contribution in [1.82, 2.24) is 0 Å². The van der Waals surface area contributed by atoms with Crippen LogP contribution < -0.4 is 0 Å². The van der Waals surface area contributed by atoms with Crippen LogP contribution >= 0.6 is 0 Å². The first-order valence-corrected chi connectivity index (χ1v) is 7.07. The van der Waals surface area contributed by atoms with Gasteiger partial charge in [0.2, 0.25) is 0 Å². The molecular formula is C15H16O6. The number of carbonyl (C=O) groups excluding carboxylic acids is 2. The van der Waals surface area contributed by atoms with E-state index in [4.69, 9.17) is 9.47 Å². The standard InChI is InChI=1S/C15H16O6/c1-13(2)5-14-8(10(13)16)3-7(11(17)18)9(14)4-20-12(19)15(14)6-21-15/h3,8-9H,4-6H2,1-2H3,(H,17,18)/t8?,9?,14?,15-/m1/s1. The molecule has 0 aromatic carbocycles. The Morgan fingerprint density at radius 3 is 2.62 bits per heavy atom. The third kappa shape index (κ3) is 1.22. The summed E-state index contributed by atoms with van der Waals surface area (Å²) in [5.74, 6) is -2.54. The predicted molar refractivity (Wildman–Crippen MR) is 68.2 cm³/mol. The predicted octanol–water partition coefficient (Wildman–Crippen LogP) is 0.555. The number of aliphatic carboxylic acids is 1. The van der Waals surface area contributed by atoms with Crippen molar-refractivity contribution in [2.45, 2.75) is 25.9 Å². The van der Waals surface area contributed by atoms with Gasteiger partial charge < -0.3 is 14.6 Å². The number of Topliss-reactive ketones (excluding diaryl/α,β-unsaturated/α-hetero) is 1. The van der Waals surface area contributed by atoms with Crippen molar-refractivity contribution >= 4 is 17.7 Å². The number of hydrogen-bond acceptors (Lipinski definition) is 5. The number of hydrogen-bond donors (Lipinski definition) is 1. The second-order valence-corrected chi connectivity index (χ2v) is 7.14. The monoisotopic (exact) mass is 292 g/mol. The lowest BCUT2D eigenvalue weighted by Crippen LogP contribution is -2.56. The minimum Gasteiger partial charge on any atom is -0.478 e. The highest BCUT2D eigenvalue weighted by molar-refractivity contribution is 6.00. The van der Waals surface area contributed by atoms with E-state index in [1.807, 2.05) is 13.8 Å². The van der Waals surface area contributed by atoms with Crippen LogP contribution in [0.1, 0.15) is 20.3 Å². The molecule has 2 aliphatic carbocycles. The van der Waals surface area contributed by atoms with Crippen LogP contribution in [-0.4, -0.2) is 41.6 Å². The number of ketones is 1.